The van der Waals surface area contributed by atoms with Crippen molar-refractivity contribution in [2.45, 2.75) is 277 Å². The molecule has 0 fully saturated rings. The molecule has 0 bridgehead atoms. The summed E-state index contributed by atoms with van der Waals surface area (Å²) in [6, 6.07) is 0. The highest BCUT2D eigenvalue weighted by atomic mass is 31.2. The fraction of sp³-hybridized carbons (Fsp3) is 0.712. The Bertz CT molecular complexity index is 1680. The van der Waals surface area contributed by atoms with Crippen molar-refractivity contribution in [3.8, 4) is 0 Å². The van der Waals surface area contributed by atoms with Gasteiger partial charge in [-0.15, -0.1) is 0 Å². The number of carbonyl (C=O) groups excluding carboxylic acids is 3. The Balaban J connectivity index is 4.74. The lowest BCUT2D eigenvalue weighted by Crippen LogP contribution is -2.30. The molecule has 0 saturated carbocycles. The van der Waals surface area contributed by atoms with E-state index in [4.69, 9.17) is 23.3 Å². The third-order valence-electron chi connectivity index (χ3n) is 13.0. The van der Waals surface area contributed by atoms with Crippen LogP contribution in [0.15, 0.2) is 97.2 Å². The Labute approximate surface area is 476 Å². The van der Waals surface area contributed by atoms with E-state index in [1.807, 2.05) is 0 Å². The molecule has 0 aliphatic heterocycles. The van der Waals surface area contributed by atoms with Crippen LogP contribution in [0.1, 0.15) is 265 Å². The molecular weight excluding hydrogens is 1000 g/mol. The zero-order valence-electron chi connectivity index (χ0n) is 49.6. The predicted octanol–water partition coefficient (Wildman–Crippen LogP) is 18.8. The van der Waals surface area contributed by atoms with Crippen LogP contribution in [0.4, 0.5) is 0 Å². The Morgan fingerprint density at radius 3 is 1.04 bits per heavy atom. The molecule has 0 spiro atoms. The van der Waals surface area contributed by atoms with Crippen molar-refractivity contribution >= 4 is 25.7 Å². The summed E-state index contributed by atoms with van der Waals surface area (Å²) in [4.78, 5) is 48.7. The maximum absolute atomic E-state index is 12.9. The molecule has 448 valence electrons. The van der Waals surface area contributed by atoms with Gasteiger partial charge in [-0.25, -0.2) is 4.57 Å². The summed E-state index contributed by atoms with van der Waals surface area (Å²) < 4.78 is 39.6. The molecule has 0 aromatic carbocycles. The summed E-state index contributed by atoms with van der Waals surface area (Å²) in [6.45, 7) is 4.40. The summed E-state index contributed by atoms with van der Waals surface area (Å²) in [7, 11) is -4.77. The predicted molar refractivity (Wildman–Crippen MR) is 325 cm³/mol. The van der Waals surface area contributed by atoms with Crippen molar-refractivity contribution < 1.29 is 52.2 Å². The first-order valence-electron chi connectivity index (χ1n) is 31.1. The number of aliphatic hydroxyl groups is 1. The number of allylic oxidation sites excluding steroid dienone is 16. The first-order chi connectivity index (χ1) is 38.2. The van der Waals surface area contributed by atoms with E-state index in [-0.39, 0.29) is 25.9 Å². The second kappa shape index (κ2) is 59.5. The van der Waals surface area contributed by atoms with Crippen LogP contribution in [0, 0.1) is 0 Å². The summed E-state index contributed by atoms with van der Waals surface area (Å²) in [6.07, 6.45) is 70.7. The first kappa shape index (κ1) is 74.4. The van der Waals surface area contributed by atoms with Crippen LogP contribution in [0.2, 0.25) is 0 Å². The number of hydrogen-bond donors (Lipinski definition) is 2. The second-order valence-corrected chi connectivity index (χ2v) is 21.9. The number of hydrogen-bond acceptors (Lipinski definition) is 10. The van der Waals surface area contributed by atoms with Gasteiger partial charge in [0.05, 0.1) is 19.8 Å². The van der Waals surface area contributed by atoms with Gasteiger partial charge in [0.25, 0.3) is 0 Å². The highest BCUT2D eigenvalue weighted by molar-refractivity contribution is 7.47. The maximum atomic E-state index is 12.9. The van der Waals surface area contributed by atoms with E-state index in [1.54, 1.807) is 0 Å². The number of ether oxygens (including phenoxy) is 3. The Morgan fingerprint density at radius 2 is 0.667 bits per heavy atom. The van der Waals surface area contributed by atoms with Gasteiger partial charge in [-0.2, -0.15) is 0 Å². The quantitative estimate of drug-likeness (QED) is 0.0197. The number of phosphoric acid groups is 1. The van der Waals surface area contributed by atoms with Gasteiger partial charge >= 0.3 is 25.7 Å². The van der Waals surface area contributed by atoms with Crippen molar-refractivity contribution in [3.63, 3.8) is 0 Å². The van der Waals surface area contributed by atoms with Crippen LogP contribution in [0.3, 0.4) is 0 Å². The van der Waals surface area contributed by atoms with E-state index < -0.39 is 57.8 Å². The average Bonchev–Trinajstić information content (AvgIpc) is 3.43. The Morgan fingerprint density at radius 1 is 0.372 bits per heavy atom. The molecule has 11 nitrogen and oxygen atoms in total. The van der Waals surface area contributed by atoms with Gasteiger partial charge in [0.15, 0.2) is 6.10 Å². The summed E-state index contributed by atoms with van der Waals surface area (Å²) in [5.41, 5.74) is 0. The molecule has 2 N–H and O–H groups in total. The molecule has 0 radical (unpaired) electrons. The van der Waals surface area contributed by atoms with E-state index in [0.29, 0.717) is 19.3 Å². The molecule has 0 rings (SSSR count). The van der Waals surface area contributed by atoms with Crippen molar-refractivity contribution in [2.75, 3.05) is 26.4 Å². The lowest BCUT2D eigenvalue weighted by molar-refractivity contribution is -0.161. The standard InChI is InChI=1S/C66H113O11P/c1-4-7-10-13-16-19-22-25-28-30-31-33-36-39-42-45-48-51-54-57-66(70)77-63(59-73-64(68)55-52-49-46-43-40-37-34-27-24-21-18-15-12-9-6-3)61-75-78(71,72)74-60-62(58-67)76-65(69)56-53-50-47-44-41-38-35-32-29-26-23-20-17-14-11-8-5-2/h7-8,10-11,16-17,19-20,25-29,31,33-34,62-63,67H,4-6,9,12-15,18,21-24,30,32,35-61H2,1-3H3,(H,71,72)/b10-7-,11-8-,19-16-,20-17-,28-25-,29-26-,33-31-,34-27-. The minimum atomic E-state index is -4.77. The molecule has 12 heteroatoms. The van der Waals surface area contributed by atoms with Crippen molar-refractivity contribution in [1.82, 2.24) is 0 Å². The van der Waals surface area contributed by atoms with Gasteiger partial charge in [0.1, 0.15) is 12.7 Å². The Kier molecular flexibility index (Phi) is 56.8. The van der Waals surface area contributed by atoms with Gasteiger partial charge in [0, 0.05) is 19.3 Å². The zero-order chi connectivity index (χ0) is 56.9. The van der Waals surface area contributed by atoms with Gasteiger partial charge < -0.3 is 24.2 Å². The van der Waals surface area contributed by atoms with E-state index in [9.17, 15) is 28.9 Å². The van der Waals surface area contributed by atoms with Gasteiger partial charge in [-0.3, -0.25) is 23.4 Å². The largest absolute Gasteiger partial charge is 0.472 e. The van der Waals surface area contributed by atoms with E-state index >= 15 is 0 Å². The fourth-order valence-electron chi connectivity index (χ4n) is 8.30. The highest BCUT2D eigenvalue weighted by Crippen LogP contribution is 2.43. The molecule has 78 heavy (non-hydrogen) atoms. The summed E-state index contributed by atoms with van der Waals surface area (Å²) in [5, 5.41) is 9.84. The van der Waals surface area contributed by atoms with Gasteiger partial charge in [-0.05, 0) is 116 Å². The molecule has 0 saturated heterocycles. The molecule has 0 heterocycles. The number of carbonyl (C=O) groups is 3. The second-order valence-electron chi connectivity index (χ2n) is 20.5. The van der Waals surface area contributed by atoms with Crippen LogP contribution < -0.4 is 0 Å². The molecule has 0 aromatic heterocycles. The van der Waals surface area contributed by atoms with E-state index in [2.05, 4.69) is 118 Å². The molecule has 3 atom stereocenters. The molecule has 0 aliphatic rings. The zero-order valence-corrected chi connectivity index (χ0v) is 50.5. The number of esters is 3. The van der Waals surface area contributed by atoms with Gasteiger partial charge in [-0.1, -0.05) is 227 Å². The maximum Gasteiger partial charge on any atom is 0.472 e. The minimum Gasteiger partial charge on any atom is -0.462 e. The molecule has 0 aliphatic carbocycles. The first-order valence-corrected chi connectivity index (χ1v) is 32.6. The monoisotopic (exact) mass is 1110 g/mol. The van der Waals surface area contributed by atoms with Crippen LogP contribution in [0.5, 0.6) is 0 Å². The smallest absolute Gasteiger partial charge is 0.462 e. The van der Waals surface area contributed by atoms with E-state index in [1.165, 1.54) is 51.4 Å². The number of unbranched alkanes of at least 4 members (excludes halogenated alkanes) is 24. The number of aliphatic hydroxyl groups excluding tert-OH is 1. The lowest BCUT2D eigenvalue weighted by atomic mass is 10.1. The SMILES string of the molecule is CC/C=C\C/C=C\C/C=C\C/C=C\CCCCCCCCC(=O)OC(COC(=O)CCCCCCC/C=C\CCCCCCCC)COP(=O)(O)OCC(CO)OC(=O)CCCCCCCCC/C=C\C/C=C\C/C=C\CC. The van der Waals surface area contributed by atoms with Crippen LogP contribution in [-0.2, 0) is 42.2 Å². The molecule has 0 amide bonds. The van der Waals surface area contributed by atoms with Crippen LogP contribution in [-0.4, -0.2) is 66.5 Å². The lowest BCUT2D eigenvalue weighted by Gasteiger charge is -2.21. The Hall–Kier alpha value is -3.60. The molecule has 3 unspecified atom stereocenters. The number of rotatable bonds is 57. The van der Waals surface area contributed by atoms with Crippen LogP contribution >= 0.6 is 7.82 Å². The highest BCUT2D eigenvalue weighted by Gasteiger charge is 2.28. The fourth-order valence-corrected chi connectivity index (χ4v) is 9.08. The molecular formula is C66H113O11P. The normalized spacial score (nSPS) is 14.0. The van der Waals surface area contributed by atoms with Crippen molar-refractivity contribution in [1.29, 1.82) is 0 Å². The summed E-state index contributed by atoms with van der Waals surface area (Å²) >= 11 is 0. The minimum absolute atomic E-state index is 0.146. The van der Waals surface area contributed by atoms with Crippen molar-refractivity contribution in [2.24, 2.45) is 0 Å². The topological polar surface area (TPSA) is 155 Å². The number of phosphoric ester groups is 1. The third-order valence-corrected chi connectivity index (χ3v) is 13.9. The average molecular weight is 1110 g/mol. The van der Waals surface area contributed by atoms with Gasteiger partial charge in [0.2, 0.25) is 0 Å². The third kappa shape index (κ3) is 57.1. The van der Waals surface area contributed by atoms with Crippen LogP contribution in [0.25, 0.3) is 0 Å². The van der Waals surface area contributed by atoms with E-state index in [0.717, 1.165) is 154 Å². The van der Waals surface area contributed by atoms with Crippen molar-refractivity contribution in [3.05, 3.63) is 97.2 Å². The molecule has 0 aromatic rings. The summed E-state index contributed by atoms with van der Waals surface area (Å²) in [5.74, 6) is -1.50.